The van der Waals surface area contributed by atoms with Crippen molar-refractivity contribution in [2.75, 3.05) is 27.3 Å². The molecule has 1 aromatic heterocycles. The van der Waals surface area contributed by atoms with E-state index in [0.29, 0.717) is 42.0 Å². The van der Waals surface area contributed by atoms with Crippen LogP contribution in [0, 0.1) is 5.92 Å². The van der Waals surface area contributed by atoms with Gasteiger partial charge in [0.1, 0.15) is 11.5 Å². The largest absolute Gasteiger partial charge is 0.497 e. The van der Waals surface area contributed by atoms with Gasteiger partial charge in [0.05, 0.1) is 31.2 Å². The average molecular weight is 639 g/mol. The van der Waals surface area contributed by atoms with E-state index >= 15 is 0 Å². The van der Waals surface area contributed by atoms with Gasteiger partial charge in [-0.05, 0) is 114 Å². The Labute approximate surface area is 269 Å². The van der Waals surface area contributed by atoms with Gasteiger partial charge in [0.25, 0.3) is 0 Å². The molecule has 238 valence electrons. The number of piperidine rings is 1. The lowest BCUT2D eigenvalue weighted by Crippen LogP contribution is -2.29. The molecule has 1 fully saturated rings. The lowest BCUT2D eigenvalue weighted by Gasteiger charge is -2.26. The Bertz CT molecular complexity index is 1890. The zero-order chi connectivity index (χ0) is 32.1. The fourth-order valence-corrected chi connectivity index (χ4v) is 7.20. The topological polar surface area (TPSA) is 134 Å². The number of hydrogen-bond donors (Lipinski definition) is 2. The third kappa shape index (κ3) is 7.12. The molecule has 6 rings (SSSR count). The second-order valence-electron chi connectivity index (χ2n) is 11.6. The second kappa shape index (κ2) is 13.8. The first-order valence-corrected chi connectivity index (χ1v) is 16.9. The smallest absolute Gasteiger partial charge is 0.239 e. The molecule has 0 bridgehead atoms. The lowest BCUT2D eigenvalue weighted by molar-refractivity contribution is 0.370. The van der Waals surface area contributed by atoms with Crippen LogP contribution in [0.25, 0.3) is 22.5 Å². The maximum absolute atomic E-state index is 13.8. The van der Waals surface area contributed by atoms with Gasteiger partial charge >= 0.3 is 0 Å². The molecule has 1 aliphatic heterocycles. The molecule has 10 nitrogen and oxygen atoms in total. The summed E-state index contributed by atoms with van der Waals surface area (Å²) in [5.74, 6) is 2.01. The highest BCUT2D eigenvalue weighted by molar-refractivity contribution is 7.89. The van der Waals surface area contributed by atoms with Crippen LogP contribution in [0.5, 0.6) is 11.5 Å². The molecule has 11 heteroatoms. The molecule has 0 unspecified atom stereocenters. The van der Waals surface area contributed by atoms with Crippen molar-refractivity contribution >= 4 is 10.0 Å². The van der Waals surface area contributed by atoms with Crippen LogP contribution in [-0.4, -0.2) is 55.9 Å². The first-order chi connectivity index (χ1) is 22.3. The summed E-state index contributed by atoms with van der Waals surface area (Å²) in [6, 6.07) is 27.2. The van der Waals surface area contributed by atoms with Crippen LogP contribution in [0.2, 0.25) is 0 Å². The number of tetrazole rings is 1. The summed E-state index contributed by atoms with van der Waals surface area (Å²) in [5.41, 5.74) is 5.48. The number of nitrogens with two attached hydrogens (primary N) is 1. The molecular formula is C35H38N6O4S. The predicted octanol–water partition coefficient (Wildman–Crippen LogP) is 4.85. The second-order valence-corrected chi connectivity index (χ2v) is 13.1. The van der Waals surface area contributed by atoms with Crippen LogP contribution in [0.4, 0.5) is 0 Å². The van der Waals surface area contributed by atoms with E-state index in [-0.39, 0.29) is 10.7 Å². The van der Waals surface area contributed by atoms with E-state index in [4.69, 9.17) is 19.7 Å². The molecule has 4 aromatic carbocycles. The highest BCUT2D eigenvalue weighted by Gasteiger charge is 2.31. The van der Waals surface area contributed by atoms with E-state index in [2.05, 4.69) is 21.7 Å². The third-order valence-corrected chi connectivity index (χ3v) is 9.53. The summed E-state index contributed by atoms with van der Waals surface area (Å²) in [5, 5.41) is 23.0. The molecule has 5 aromatic rings. The summed E-state index contributed by atoms with van der Waals surface area (Å²) >= 11 is 0. The van der Waals surface area contributed by atoms with Crippen molar-refractivity contribution in [2.24, 2.45) is 11.1 Å². The molecular weight excluding hydrogens is 600 g/mol. The number of aromatic nitrogens is 4. The maximum atomic E-state index is 13.8. The van der Waals surface area contributed by atoms with Crippen LogP contribution in [-0.2, 0) is 29.4 Å². The number of ether oxygens (including phenoxy) is 2. The van der Waals surface area contributed by atoms with Gasteiger partial charge in [-0.15, -0.1) is 10.2 Å². The number of benzene rings is 4. The van der Waals surface area contributed by atoms with Crippen LogP contribution < -0.4 is 19.9 Å². The van der Waals surface area contributed by atoms with Gasteiger partial charge in [-0.1, -0.05) is 54.6 Å². The minimum Gasteiger partial charge on any atom is -0.497 e. The van der Waals surface area contributed by atoms with Crippen molar-refractivity contribution in [3.63, 3.8) is 0 Å². The summed E-state index contributed by atoms with van der Waals surface area (Å²) < 4.78 is 38.2. The Morgan fingerprint density at radius 1 is 0.891 bits per heavy atom. The normalized spacial score (nSPS) is 13.9. The quantitative estimate of drug-likeness (QED) is 0.210. The standard InChI is InChI=1S/C35H38N6O4S/c1-44-29-12-8-24(9-13-29)20-28-22-31(27-6-4-3-5-7-27)33(34(46(36,42)43)32(28)21-25-16-18-37-19-17-25)35-38-40-41(39-35)23-26-10-14-30(45-2)15-11-26/h3-15,22,25,37H,16-21,23H2,1-2H3,(H2,36,42,43). The van der Waals surface area contributed by atoms with Gasteiger partial charge < -0.3 is 14.8 Å². The maximum Gasteiger partial charge on any atom is 0.239 e. The zero-order valence-corrected chi connectivity index (χ0v) is 26.8. The minimum absolute atomic E-state index is 0.0693. The van der Waals surface area contributed by atoms with Crippen molar-refractivity contribution < 1.29 is 17.9 Å². The van der Waals surface area contributed by atoms with E-state index in [0.717, 1.165) is 59.7 Å². The van der Waals surface area contributed by atoms with Gasteiger partial charge in [-0.3, -0.25) is 0 Å². The number of methoxy groups -OCH3 is 2. The SMILES string of the molecule is COc1ccc(Cc2cc(-c3ccccc3)c(-c3nnn(Cc4ccc(OC)cc4)n3)c(S(N)(=O)=O)c2CC2CCNCC2)cc1. The number of nitrogens with zero attached hydrogens (tertiary/aromatic N) is 4. The predicted molar refractivity (Wildman–Crippen MR) is 177 cm³/mol. The fourth-order valence-electron chi connectivity index (χ4n) is 6.16. The van der Waals surface area contributed by atoms with E-state index in [1.807, 2.05) is 78.9 Å². The van der Waals surface area contributed by atoms with Gasteiger partial charge in [0, 0.05) is 0 Å². The molecule has 0 aliphatic carbocycles. The van der Waals surface area contributed by atoms with E-state index in [9.17, 15) is 8.42 Å². The van der Waals surface area contributed by atoms with E-state index in [1.165, 1.54) is 4.80 Å². The van der Waals surface area contributed by atoms with Crippen LogP contribution >= 0.6 is 0 Å². The van der Waals surface area contributed by atoms with Crippen LogP contribution in [0.15, 0.2) is 89.8 Å². The van der Waals surface area contributed by atoms with Crippen molar-refractivity contribution in [3.8, 4) is 34.0 Å². The van der Waals surface area contributed by atoms with Crippen molar-refractivity contribution in [2.45, 2.75) is 37.1 Å². The van der Waals surface area contributed by atoms with Gasteiger partial charge in [0.15, 0.2) is 0 Å². The highest BCUT2D eigenvalue weighted by atomic mass is 32.2. The molecule has 1 aliphatic rings. The zero-order valence-electron chi connectivity index (χ0n) is 26.0. The van der Waals surface area contributed by atoms with Crippen LogP contribution in [0.1, 0.15) is 35.1 Å². The first kappa shape index (κ1) is 31.4. The molecule has 2 heterocycles. The van der Waals surface area contributed by atoms with Crippen LogP contribution in [0.3, 0.4) is 0 Å². The molecule has 3 N–H and O–H groups in total. The van der Waals surface area contributed by atoms with Gasteiger partial charge in [-0.2, -0.15) is 4.80 Å². The molecule has 0 spiro atoms. The molecule has 0 radical (unpaired) electrons. The number of nitrogens with one attached hydrogen (secondary N) is 1. The average Bonchev–Trinajstić information content (AvgIpc) is 3.54. The molecule has 46 heavy (non-hydrogen) atoms. The lowest BCUT2D eigenvalue weighted by atomic mass is 9.84. The van der Waals surface area contributed by atoms with Crippen molar-refractivity contribution in [1.82, 2.24) is 25.5 Å². The van der Waals surface area contributed by atoms with Crippen molar-refractivity contribution in [1.29, 1.82) is 0 Å². The van der Waals surface area contributed by atoms with E-state index in [1.54, 1.807) is 14.2 Å². The number of sulfonamides is 1. The Balaban J connectivity index is 1.54. The highest BCUT2D eigenvalue weighted by Crippen LogP contribution is 2.41. The third-order valence-electron chi connectivity index (χ3n) is 8.51. The summed E-state index contributed by atoms with van der Waals surface area (Å²) in [6.45, 7) is 2.12. The molecule has 1 saturated heterocycles. The Hall–Kier alpha value is -4.58. The Morgan fingerprint density at radius 2 is 1.52 bits per heavy atom. The molecule has 0 atom stereocenters. The fraction of sp³-hybridized carbons (Fsp3) is 0.286. The molecule has 0 saturated carbocycles. The first-order valence-electron chi connectivity index (χ1n) is 15.3. The van der Waals surface area contributed by atoms with Gasteiger partial charge in [0.2, 0.25) is 15.8 Å². The molecule has 0 amide bonds. The Kier molecular flexibility index (Phi) is 9.43. The summed E-state index contributed by atoms with van der Waals surface area (Å²) in [4.78, 5) is 1.54. The summed E-state index contributed by atoms with van der Waals surface area (Å²) in [7, 11) is -0.987. The monoisotopic (exact) mass is 638 g/mol. The number of rotatable bonds is 11. The van der Waals surface area contributed by atoms with Crippen molar-refractivity contribution in [3.05, 3.63) is 107 Å². The number of hydrogen-bond acceptors (Lipinski definition) is 8. The van der Waals surface area contributed by atoms with E-state index < -0.39 is 10.0 Å². The van der Waals surface area contributed by atoms with Gasteiger partial charge in [-0.25, -0.2) is 13.6 Å². The number of primary sulfonamides is 1. The summed E-state index contributed by atoms with van der Waals surface area (Å²) in [6.07, 6.45) is 2.97. The Morgan fingerprint density at radius 3 is 2.13 bits per heavy atom. The minimum atomic E-state index is -4.24.